The third kappa shape index (κ3) is 2.15. The van der Waals surface area contributed by atoms with Gasteiger partial charge in [0.2, 0.25) is 0 Å². The van der Waals surface area contributed by atoms with Gasteiger partial charge in [-0.1, -0.05) is 0 Å². The molecule has 13 heavy (non-hydrogen) atoms. The van der Waals surface area contributed by atoms with Gasteiger partial charge in [-0.25, -0.2) is 0 Å². The summed E-state index contributed by atoms with van der Waals surface area (Å²) in [5.41, 5.74) is -0.205. The van der Waals surface area contributed by atoms with Crippen LogP contribution in [0, 0.1) is 16.7 Å². The average Bonchev–Trinajstić information content (AvgIpc) is 1.97. The molecule has 0 saturated carbocycles. The highest BCUT2D eigenvalue weighted by Gasteiger charge is 2.40. The van der Waals surface area contributed by atoms with Crippen LogP contribution in [0.25, 0.3) is 0 Å². The Morgan fingerprint density at radius 1 is 1.62 bits per heavy atom. The summed E-state index contributed by atoms with van der Waals surface area (Å²) in [7, 11) is 0. The molecule has 1 rings (SSSR count). The highest BCUT2D eigenvalue weighted by Crippen LogP contribution is 2.31. The Morgan fingerprint density at radius 2 is 2.15 bits per heavy atom. The van der Waals surface area contributed by atoms with E-state index in [9.17, 15) is 0 Å². The third-order valence-corrected chi connectivity index (χ3v) is 2.07. The molecule has 0 spiro atoms. The summed E-state index contributed by atoms with van der Waals surface area (Å²) in [5.74, 6) is 0.683. The number of hydrogen-bond acceptors (Lipinski definition) is 3. The fourth-order valence-electron chi connectivity index (χ4n) is 1.39. The van der Waals surface area contributed by atoms with Crippen molar-refractivity contribution < 1.29 is 4.74 Å². The Balaban J connectivity index is 2.36. The summed E-state index contributed by atoms with van der Waals surface area (Å²) in [6.07, 6.45) is 0.154. The van der Waals surface area contributed by atoms with Gasteiger partial charge in [-0.15, -0.1) is 0 Å². The Labute approximate surface area is 79.6 Å². The molecule has 0 aromatic rings. The maximum absolute atomic E-state index is 8.78. The van der Waals surface area contributed by atoms with Crippen LogP contribution in [0.5, 0.6) is 0 Å². The Morgan fingerprint density at radius 3 is 2.54 bits per heavy atom. The van der Waals surface area contributed by atoms with Crippen LogP contribution < -0.4 is 0 Å². The van der Waals surface area contributed by atoms with Gasteiger partial charge in [-0.3, -0.25) is 0 Å². The van der Waals surface area contributed by atoms with Crippen LogP contribution in [0.2, 0.25) is 0 Å². The van der Waals surface area contributed by atoms with Gasteiger partial charge in [0.05, 0.1) is 17.6 Å². The van der Waals surface area contributed by atoms with E-state index < -0.39 is 0 Å². The molecule has 3 heteroatoms. The summed E-state index contributed by atoms with van der Waals surface area (Å²) in [4.78, 5) is 1.99. The number of ether oxygens (including phenoxy) is 1. The van der Waals surface area contributed by atoms with E-state index in [0.29, 0.717) is 5.88 Å². The summed E-state index contributed by atoms with van der Waals surface area (Å²) >= 11 is 0. The van der Waals surface area contributed by atoms with E-state index in [1.54, 1.807) is 0 Å². The molecular weight excluding hydrogens is 164 g/mol. The fourth-order valence-corrected chi connectivity index (χ4v) is 1.39. The largest absolute Gasteiger partial charge is 0.477 e. The van der Waals surface area contributed by atoms with Crippen molar-refractivity contribution in [3.63, 3.8) is 0 Å². The van der Waals surface area contributed by atoms with Crippen molar-refractivity contribution in [2.75, 3.05) is 13.1 Å². The maximum atomic E-state index is 8.78. The van der Waals surface area contributed by atoms with Crippen molar-refractivity contribution in [2.45, 2.75) is 26.9 Å². The van der Waals surface area contributed by atoms with Gasteiger partial charge in [0.15, 0.2) is 5.88 Å². The number of hydrogen-bond donors (Lipinski definition) is 0. The molecule has 0 radical (unpaired) electrons. The Kier molecular flexibility index (Phi) is 2.51. The van der Waals surface area contributed by atoms with E-state index >= 15 is 0 Å². The lowest BCUT2D eigenvalue weighted by molar-refractivity contribution is -0.00306. The summed E-state index contributed by atoms with van der Waals surface area (Å²) in [6, 6.07) is 2.28. The van der Waals surface area contributed by atoms with Crippen molar-refractivity contribution in [3.8, 4) is 6.07 Å². The molecule has 72 valence electrons. The van der Waals surface area contributed by atoms with Gasteiger partial charge >= 0.3 is 0 Å². The third-order valence-electron chi connectivity index (χ3n) is 2.07. The van der Waals surface area contributed by atoms with E-state index in [2.05, 4.69) is 12.6 Å². The first-order valence-electron chi connectivity index (χ1n) is 4.48. The molecule has 0 aromatic heterocycles. The lowest BCUT2D eigenvalue weighted by atomic mass is 9.84. The number of nitriles is 1. The van der Waals surface area contributed by atoms with Crippen LogP contribution in [0.1, 0.15) is 20.8 Å². The predicted octanol–water partition coefficient (Wildman–Crippen LogP) is 1.73. The minimum Gasteiger partial charge on any atom is -0.477 e. The second kappa shape index (κ2) is 3.29. The van der Waals surface area contributed by atoms with E-state index in [1.165, 1.54) is 0 Å². The molecule has 1 saturated heterocycles. The van der Waals surface area contributed by atoms with Crippen molar-refractivity contribution in [3.05, 3.63) is 12.5 Å². The first-order valence-corrected chi connectivity index (χ1v) is 4.48. The number of likely N-dealkylation sites (tertiary alicyclic amines) is 1. The summed E-state index contributed by atoms with van der Waals surface area (Å²) in [5, 5.41) is 8.78. The van der Waals surface area contributed by atoms with Crippen LogP contribution >= 0.6 is 0 Å². The smallest absolute Gasteiger partial charge is 0.182 e. The molecule has 1 heterocycles. The van der Waals surface area contributed by atoms with Crippen LogP contribution in [0.15, 0.2) is 12.5 Å². The van der Waals surface area contributed by atoms with Crippen LogP contribution in [0.4, 0.5) is 0 Å². The quantitative estimate of drug-likeness (QED) is 0.620. The molecule has 0 aliphatic carbocycles. The predicted molar refractivity (Wildman–Crippen MR) is 50.7 cm³/mol. The van der Waals surface area contributed by atoms with Crippen molar-refractivity contribution in [1.82, 2.24) is 4.90 Å². The van der Waals surface area contributed by atoms with Gasteiger partial charge in [-0.05, 0) is 27.4 Å². The summed E-state index contributed by atoms with van der Waals surface area (Å²) < 4.78 is 5.41. The molecule has 1 aliphatic heterocycles. The molecule has 1 fully saturated rings. The maximum Gasteiger partial charge on any atom is 0.182 e. The van der Waals surface area contributed by atoms with Gasteiger partial charge in [0.1, 0.15) is 0 Å². The van der Waals surface area contributed by atoms with Gasteiger partial charge in [0, 0.05) is 13.1 Å². The zero-order valence-corrected chi connectivity index (χ0v) is 8.50. The Hall–Kier alpha value is -1.17. The highest BCUT2D eigenvalue weighted by molar-refractivity contribution is 5.10. The molecule has 0 bridgehead atoms. The van der Waals surface area contributed by atoms with Crippen LogP contribution in [-0.2, 0) is 4.74 Å². The normalized spacial score (nSPS) is 19.2. The molecule has 0 unspecified atom stereocenters. The first kappa shape index (κ1) is 9.91. The standard InChI is InChI=1S/C10H16N2O/c1-8(2)13-9(3)12-6-10(4,5-11)7-12/h8H,3,6-7H2,1-2,4H3. The molecule has 0 amide bonds. The van der Waals surface area contributed by atoms with Gasteiger partial charge in [0.25, 0.3) is 0 Å². The van der Waals surface area contributed by atoms with Crippen molar-refractivity contribution in [2.24, 2.45) is 5.41 Å². The molecular formula is C10H16N2O. The molecule has 3 nitrogen and oxygen atoms in total. The van der Waals surface area contributed by atoms with Gasteiger partial charge in [-0.2, -0.15) is 5.26 Å². The fraction of sp³-hybridized carbons (Fsp3) is 0.700. The monoisotopic (exact) mass is 180 g/mol. The minimum atomic E-state index is -0.205. The van der Waals surface area contributed by atoms with Crippen molar-refractivity contribution >= 4 is 0 Å². The average molecular weight is 180 g/mol. The van der Waals surface area contributed by atoms with E-state index in [-0.39, 0.29) is 11.5 Å². The second-order valence-electron chi connectivity index (χ2n) is 4.09. The van der Waals surface area contributed by atoms with E-state index in [0.717, 1.165) is 13.1 Å². The van der Waals surface area contributed by atoms with Crippen LogP contribution in [-0.4, -0.2) is 24.1 Å². The zero-order chi connectivity index (χ0) is 10.1. The topological polar surface area (TPSA) is 36.3 Å². The Bertz CT molecular complexity index is 246. The minimum absolute atomic E-state index is 0.154. The molecule has 1 aliphatic rings. The zero-order valence-electron chi connectivity index (χ0n) is 8.50. The van der Waals surface area contributed by atoms with E-state index in [1.807, 2.05) is 25.7 Å². The highest BCUT2D eigenvalue weighted by atomic mass is 16.5. The second-order valence-corrected chi connectivity index (χ2v) is 4.09. The number of rotatable bonds is 3. The molecule has 0 atom stereocenters. The summed E-state index contributed by atoms with van der Waals surface area (Å²) in [6.45, 7) is 11.2. The van der Waals surface area contributed by atoms with E-state index in [4.69, 9.17) is 10.00 Å². The van der Waals surface area contributed by atoms with Crippen LogP contribution in [0.3, 0.4) is 0 Å². The molecule has 0 aromatic carbocycles. The lowest BCUT2D eigenvalue weighted by Crippen LogP contribution is -2.53. The molecule has 0 N–H and O–H groups in total. The lowest BCUT2D eigenvalue weighted by Gasteiger charge is -2.45. The number of nitrogens with zero attached hydrogens (tertiary/aromatic N) is 2. The van der Waals surface area contributed by atoms with Crippen molar-refractivity contribution in [1.29, 1.82) is 5.26 Å². The SMILES string of the molecule is C=C(OC(C)C)N1CC(C)(C#N)C1. The van der Waals surface area contributed by atoms with Gasteiger partial charge < -0.3 is 9.64 Å². The first-order chi connectivity index (χ1) is 5.97.